The molecule has 0 aliphatic carbocycles. The Morgan fingerprint density at radius 1 is 1.33 bits per heavy atom. The number of ether oxygens (including phenoxy) is 1. The molecule has 1 aromatic carbocycles. The van der Waals surface area contributed by atoms with E-state index in [4.69, 9.17) is 20.8 Å². The number of hydrogen-bond acceptors (Lipinski definition) is 3. The average molecular weight is 308 g/mol. The Labute approximate surface area is 130 Å². The molecule has 0 radical (unpaired) electrons. The summed E-state index contributed by atoms with van der Waals surface area (Å²) in [7, 11) is 0. The van der Waals surface area contributed by atoms with Crippen LogP contribution in [0.4, 0.5) is 0 Å². The topological polar surface area (TPSA) is 34.4 Å². The number of hydrogen-bond donors (Lipinski definition) is 1. The molecule has 0 bridgehead atoms. The normalized spacial score (nSPS) is 24.3. The summed E-state index contributed by atoms with van der Waals surface area (Å²) in [6, 6.07) is 7.87. The highest BCUT2D eigenvalue weighted by Crippen LogP contribution is 2.38. The molecule has 21 heavy (non-hydrogen) atoms. The molecule has 3 nitrogen and oxygen atoms in total. The standard InChI is InChI=1S/C17H22ClNO2/c1-3-19-16(17(2)8-4-5-9-20-17)15-11-12-10-13(18)6-7-14(12)21-15/h6-7,10-11,16,19H,3-5,8-9H2,1-2H3. The van der Waals surface area contributed by atoms with Crippen molar-refractivity contribution in [2.75, 3.05) is 13.2 Å². The first-order valence-corrected chi connectivity index (χ1v) is 8.06. The van der Waals surface area contributed by atoms with Gasteiger partial charge in [-0.05, 0) is 57.0 Å². The molecule has 1 aliphatic rings. The van der Waals surface area contributed by atoms with Crippen LogP contribution in [0.3, 0.4) is 0 Å². The molecule has 2 aromatic rings. The van der Waals surface area contributed by atoms with Gasteiger partial charge in [0.05, 0.1) is 11.6 Å². The molecule has 3 rings (SSSR count). The van der Waals surface area contributed by atoms with Crippen molar-refractivity contribution in [3.05, 3.63) is 35.0 Å². The van der Waals surface area contributed by atoms with Crippen LogP contribution in [0, 0.1) is 0 Å². The van der Waals surface area contributed by atoms with Gasteiger partial charge in [-0.1, -0.05) is 18.5 Å². The van der Waals surface area contributed by atoms with E-state index in [0.29, 0.717) is 0 Å². The van der Waals surface area contributed by atoms with Gasteiger partial charge >= 0.3 is 0 Å². The summed E-state index contributed by atoms with van der Waals surface area (Å²) >= 11 is 6.06. The highest BCUT2D eigenvalue weighted by molar-refractivity contribution is 6.31. The van der Waals surface area contributed by atoms with E-state index in [1.54, 1.807) is 0 Å². The number of nitrogens with one attached hydrogen (secondary N) is 1. The van der Waals surface area contributed by atoms with Gasteiger partial charge in [-0.15, -0.1) is 0 Å². The predicted molar refractivity (Wildman–Crippen MR) is 85.8 cm³/mol. The number of furan rings is 1. The lowest BCUT2D eigenvalue weighted by molar-refractivity contribution is -0.0930. The van der Waals surface area contributed by atoms with E-state index in [2.05, 4.69) is 25.2 Å². The lowest BCUT2D eigenvalue weighted by atomic mass is 9.86. The molecule has 0 amide bonds. The predicted octanol–water partition coefficient (Wildman–Crippen LogP) is 4.70. The first-order chi connectivity index (χ1) is 10.1. The third-order valence-corrected chi connectivity index (χ3v) is 4.54. The molecule has 1 aliphatic heterocycles. The SMILES string of the molecule is CCNC(c1cc2cc(Cl)ccc2o1)C1(C)CCCCO1. The third kappa shape index (κ3) is 2.96. The summed E-state index contributed by atoms with van der Waals surface area (Å²) in [5, 5.41) is 5.31. The van der Waals surface area contributed by atoms with Crippen LogP contribution in [-0.4, -0.2) is 18.8 Å². The molecule has 2 heterocycles. The van der Waals surface area contributed by atoms with Gasteiger partial charge < -0.3 is 14.5 Å². The van der Waals surface area contributed by atoms with Crippen LogP contribution in [0.5, 0.6) is 0 Å². The second-order valence-corrected chi connectivity index (χ2v) is 6.38. The van der Waals surface area contributed by atoms with Gasteiger partial charge in [0.1, 0.15) is 11.3 Å². The van der Waals surface area contributed by atoms with Crippen LogP contribution < -0.4 is 5.32 Å². The maximum Gasteiger partial charge on any atom is 0.134 e. The van der Waals surface area contributed by atoms with Crippen molar-refractivity contribution in [2.24, 2.45) is 0 Å². The van der Waals surface area contributed by atoms with E-state index in [9.17, 15) is 0 Å². The minimum Gasteiger partial charge on any atom is -0.459 e. The fraction of sp³-hybridized carbons (Fsp3) is 0.529. The Balaban J connectivity index is 1.98. The van der Waals surface area contributed by atoms with Crippen molar-refractivity contribution in [1.29, 1.82) is 0 Å². The first-order valence-electron chi connectivity index (χ1n) is 7.69. The summed E-state index contributed by atoms with van der Waals surface area (Å²) in [5.74, 6) is 0.929. The van der Waals surface area contributed by atoms with E-state index in [-0.39, 0.29) is 11.6 Å². The zero-order valence-electron chi connectivity index (χ0n) is 12.6. The quantitative estimate of drug-likeness (QED) is 0.889. The van der Waals surface area contributed by atoms with E-state index in [1.807, 2.05) is 18.2 Å². The Bertz CT molecular complexity index is 616. The van der Waals surface area contributed by atoms with Crippen molar-refractivity contribution >= 4 is 22.6 Å². The molecule has 0 spiro atoms. The van der Waals surface area contributed by atoms with Crippen LogP contribution >= 0.6 is 11.6 Å². The lowest BCUT2D eigenvalue weighted by Crippen LogP contribution is -2.45. The number of likely N-dealkylation sites (N-methyl/N-ethyl adjacent to an activating group) is 1. The van der Waals surface area contributed by atoms with Crippen molar-refractivity contribution in [3.8, 4) is 0 Å². The molecule has 2 unspecified atom stereocenters. The molecule has 4 heteroatoms. The van der Waals surface area contributed by atoms with Crippen molar-refractivity contribution < 1.29 is 9.15 Å². The summed E-state index contributed by atoms with van der Waals surface area (Å²) in [6.07, 6.45) is 3.39. The van der Waals surface area contributed by atoms with Gasteiger partial charge in [0.2, 0.25) is 0 Å². The fourth-order valence-electron chi connectivity index (χ4n) is 3.18. The Hall–Kier alpha value is -1.03. The number of benzene rings is 1. The van der Waals surface area contributed by atoms with Gasteiger partial charge in [0.15, 0.2) is 0 Å². The second-order valence-electron chi connectivity index (χ2n) is 5.94. The van der Waals surface area contributed by atoms with Crippen molar-refractivity contribution in [1.82, 2.24) is 5.32 Å². The highest BCUT2D eigenvalue weighted by Gasteiger charge is 2.39. The van der Waals surface area contributed by atoms with Gasteiger partial charge in [0, 0.05) is 17.0 Å². The molecule has 114 valence electrons. The second kappa shape index (κ2) is 5.99. The van der Waals surface area contributed by atoms with Gasteiger partial charge in [-0.3, -0.25) is 0 Å². The van der Waals surface area contributed by atoms with E-state index in [0.717, 1.165) is 47.7 Å². The molecule has 1 saturated heterocycles. The van der Waals surface area contributed by atoms with Crippen molar-refractivity contribution in [2.45, 2.75) is 44.8 Å². The first kappa shape index (κ1) is 14.9. The molecule has 1 aromatic heterocycles. The van der Waals surface area contributed by atoms with Gasteiger partial charge in [-0.25, -0.2) is 0 Å². The molecular weight excluding hydrogens is 286 g/mol. The third-order valence-electron chi connectivity index (χ3n) is 4.30. The zero-order valence-corrected chi connectivity index (χ0v) is 13.4. The van der Waals surface area contributed by atoms with E-state index < -0.39 is 0 Å². The maximum atomic E-state index is 6.11. The number of rotatable bonds is 4. The number of fused-ring (bicyclic) bond motifs is 1. The lowest BCUT2D eigenvalue weighted by Gasteiger charge is -2.40. The van der Waals surface area contributed by atoms with E-state index in [1.165, 1.54) is 6.42 Å². The molecule has 2 atom stereocenters. The van der Waals surface area contributed by atoms with Crippen molar-refractivity contribution in [3.63, 3.8) is 0 Å². The van der Waals surface area contributed by atoms with Crippen LogP contribution in [0.15, 0.2) is 28.7 Å². The van der Waals surface area contributed by atoms with Crippen LogP contribution in [0.1, 0.15) is 44.9 Å². The largest absolute Gasteiger partial charge is 0.459 e. The van der Waals surface area contributed by atoms with Crippen LogP contribution in [-0.2, 0) is 4.74 Å². The maximum absolute atomic E-state index is 6.11. The molecule has 1 N–H and O–H groups in total. The monoisotopic (exact) mass is 307 g/mol. The minimum absolute atomic E-state index is 0.0639. The Morgan fingerprint density at radius 2 is 2.19 bits per heavy atom. The van der Waals surface area contributed by atoms with Crippen LogP contribution in [0.25, 0.3) is 11.0 Å². The smallest absolute Gasteiger partial charge is 0.134 e. The van der Waals surface area contributed by atoms with Crippen LogP contribution in [0.2, 0.25) is 5.02 Å². The summed E-state index contributed by atoms with van der Waals surface area (Å²) in [4.78, 5) is 0. The average Bonchev–Trinajstić information content (AvgIpc) is 2.87. The van der Waals surface area contributed by atoms with E-state index >= 15 is 0 Å². The van der Waals surface area contributed by atoms with Gasteiger partial charge in [-0.2, -0.15) is 0 Å². The molecule has 0 saturated carbocycles. The Morgan fingerprint density at radius 3 is 2.90 bits per heavy atom. The highest BCUT2D eigenvalue weighted by atomic mass is 35.5. The summed E-state index contributed by atoms with van der Waals surface area (Å²) in [6.45, 7) is 5.99. The molecule has 1 fully saturated rings. The summed E-state index contributed by atoms with van der Waals surface area (Å²) < 4.78 is 12.2. The zero-order chi connectivity index (χ0) is 14.9. The number of halogens is 1. The fourth-order valence-corrected chi connectivity index (χ4v) is 3.36. The molecular formula is C17H22ClNO2. The summed E-state index contributed by atoms with van der Waals surface area (Å²) in [5.41, 5.74) is 0.656. The Kier molecular flexibility index (Phi) is 4.25. The van der Waals surface area contributed by atoms with Gasteiger partial charge in [0.25, 0.3) is 0 Å². The minimum atomic E-state index is -0.216.